The van der Waals surface area contributed by atoms with Crippen molar-refractivity contribution in [2.24, 2.45) is 0 Å². The summed E-state index contributed by atoms with van der Waals surface area (Å²) >= 11 is 3.50. The summed E-state index contributed by atoms with van der Waals surface area (Å²) in [5.74, 6) is -0.401. The van der Waals surface area contributed by atoms with Crippen LogP contribution in [0.1, 0.15) is 64.5 Å². The molecule has 0 aliphatic carbocycles. The van der Waals surface area contributed by atoms with Crippen LogP contribution in [0, 0.1) is 0 Å². The van der Waals surface area contributed by atoms with E-state index < -0.39 is 46.1 Å². The molecule has 0 saturated carbocycles. The number of aromatic nitrogens is 2. The monoisotopic (exact) mass is 648 g/mol. The molecule has 0 radical (unpaired) electrons. The van der Waals surface area contributed by atoms with Gasteiger partial charge in [-0.1, -0.05) is 51.0 Å². The molecule has 13 heteroatoms. The Morgan fingerprint density at radius 2 is 1.76 bits per heavy atom. The lowest BCUT2D eigenvalue weighted by Crippen LogP contribution is -2.43. The summed E-state index contributed by atoms with van der Waals surface area (Å²) < 4.78 is 30.1. The van der Waals surface area contributed by atoms with Crippen LogP contribution in [-0.4, -0.2) is 57.3 Å². The van der Waals surface area contributed by atoms with Gasteiger partial charge in [0, 0.05) is 22.5 Å². The third kappa shape index (κ3) is 6.27. The van der Waals surface area contributed by atoms with Crippen LogP contribution in [-0.2, 0) is 16.0 Å². The number of nitrogens with zero attached hydrogens (tertiary/aromatic N) is 3. The maximum absolute atomic E-state index is 12.8. The molecule has 11 nitrogen and oxygen atoms in total. The number of hydrogen-bond donors (Lipinski definition) is 4. The Bertz CT molecular complexity index is 1570. The molecule has 1 atom stereocenters. The van der Waals surface area contributed by atoms with Crippen molar-refractivity contribution in [3.63, 3.8) is 0 Å². The quantitative estimate of drug-likeness (QED) is 0.236. The fourth-order valence-electron chi connectivity index (χ4n) is 4.67. The Hall–Kier alpha value is -3.39. The van der Waals surface area contributed by atoms with E-state index in [1.165, 1.54) is 6.08 Å². The molecule has 0 bridgehead atoms. The van der Waals surface area contributed by atoms with Gasteiger partial charge in [0.2, 0.25) is 0 Å². The Morgan fingerprint density at radius 1 is 1.10 bits per heavy atom. The first-order valence-electron chi connectivity index (χ1n) is 12.7. The number of halogens is 1. The van der Waals surface area contributed by atoms with E-state index >= 15 is 0 Å². The van der Waals surface area contributed by atoms with Gasteiger partial charge in [0.25, 0.3) is 5.91 Å². The zero-order valence-electron chi connectivity index (χ0n) is 23.5. The molecule has 0 fully saturated rings. The van der Waals surface area contributed by atoms with E-state index in [-0.39, 0.29) is 17.2 Å². The average Bonchev–Trinajstić information content (AvgIpc) is 3.31. The number of carbonyl (C=O) groups excluding carboxylic acids is 2. The van der Waals surface area contributed by atoms with Gasteiger partial charge >= 0.3 is 12.2 Å². The van der Waals surface area contributed by atoms with Gasteiger partial charge in [-0.15, -0.1) is 0 Å². The number of benzene rings is 2. The molecule has 2 amide bonds. The van der Waals surface area contributed by atoms with Gasteiger partial charge in [-0.3, -0.25) is 13.9 Å². The molecular formula is C28H33BrN4O7S. The number of ether oxygens (including phenoxy) is 1. The minimum Gasteiger partial charge on any atom is -0.464 e. The normalized spacial score (nSPS) is 16.9. The second kappa shape index (κ2) is 10.8. The first-order valence-corrected chi connectivity index (χ1v) is 15.0. The van der Waals surface area contributed by atoms with Crippen LogP contribution in [0.15, 0.2) is 53.0 Å². The van der Waals surface area contributed by atoms with Crippen molar-refractivity contribution in [2.75, 3.05) is 0 Å². The summed E-state index contributed by atoms with van der Waals surface area (Å²) in [4.78, 5) is 42.4. The lowest BCUT2D eigenvalue weighted by Gasteiger charge is -2.46. The van der Waals surface area contributed by atoms with Crippen molar-refractivity contribution >= 4 is 60.7 Å². The van der Waals surface area contributed by atoms with Crippen molar-refractivity contribution in [3.05, 3.63) is 70.0 Å². The third-order valence-corrected chi connectivity index (χ3v) is 8.95. The predicted molar refractivity (Wildman–Crippen MR) is 161 cm³/mol. The number of alkyl carbamates (subject to hydrolysis) is 1. The van der Waals surface area contributed by atoms with Crippen molar-refractivity contribution in [1.29, 1.82) is 0 Å². The van der Waals surface area contributed by atoms with Gasteiger partial charge in [-0.05, 0) is 65.3 Å². The first-order chi connectivity index (χ1) is 18.9. The molecule has 0 spiro atoms. The largest absolute Gasteiger partial charge is 0.464 e. The van der Waals surface area contributed by atoms with Gasteiger partial charge in [0.15, 0.2) is 0 Å². The summed E-state index contributed by atoms with van der Waals surface area (Å²) in [5.41, 5.74) is 0.292. The highest BCUT2D eigenvalue weighted by Crippen LogP contribution is 2.63. The SMILES string of the molecule is CC(C)(C)OC(=O)NC(Cc1ccc(C2=CC(=O)N(C(C)(C)C)S2(O)O)c(Br)c1)c1nc2ccccc2n1C(=O)O. The molecule has 1 aliphatic rings. The number of hydrogen-bond acceptors (Lipinski definition) is 7. The van der Waals surface area contributed by atoms with E-state index in [0.717, 1.165) is 8.87 Å². The van der Waals surface area contributed by atoms with Gasteiger partial charge in [0.05, 0.1) is 27.5 Å². The highest BCUT2D eigenvalue weighted by Gasteiger charge is 2.45. The lowest BCUT2D eigenvalue weighted by molar-refractivity contribution is -0.124. The number of nitrogens with one attached hydrogen (secondary N) is 1. The molecule has 4 rings (SSSR count). The molecule has 0 saturated heterocycles. The number of imidazole rings is 1. The topological polar surface area (TPSA) is 154 Å². The molecule has 1 unspecified atom stereocenters. The van der Waals surface area contributed by atoms with Gasteiger partial charge in [0.1, 0.15) is 11.4 Å². The third-order valence-electron chi connectivity index (χ3n) is 6.13. The number of fused-ring (bicyclic) bond motifs is 1. The first kappa shape index (κ1) is 30.6. The van der Waals surface area contributed by atoms with Crippen molar-refractivity contribution in [3.8, 4) is 0 Å². The minimum atomic E-state index is -3.59. The maximum atomic E-state index is 12.8. The van der Waals surface area contributed by atoms with E-state index in [1.54, 1.807) is 84.0 Å². The molecule has 2 heterocycles. The molecule has 2 aromatic carbocycles. The summed E-state index contributed by atoms with van der Waals surface area (Å²) in [6.45, 7) is 10.3. The molecule has 3 aromatic rings. The lowest BCUT2D eigenvalue weighted by atomic mass is 10.0. The van der Waals surface area contributed by atoms with Gasteiger partial charge in [-0.25, -0.2) is 23.4 Å². The van der Waals surface area contributed by atoms with Crippen molar-refractivity contribution in [2.45, 2.75) is 65.1 Å². The van der Waals surface area contributed by atoms with Crippen LogP contribution in [0.5, 0.6) is 0 Å². The van der Waals surface area contributed by atoms with Crippen LogP contribution in [0.2, 0.25) is 0 Å². The van der Waals surface area contributed by atoms with Crippen LogP contribution in [0.3, 0.4) is 0 Å². The second-order valence-corrected chi connectivity index (χ2v) is 14.3. The number of para-hydroxylation sites is 2. The van der Waals surface area contributed by atoms with Gasteiger partial charge in [-0.2, -0.15) is 0 Å². The Morgan fingerprint density at radius 3 is 2.32 bits per heavy atom. The average molecular weight is 650 g/mol. The number of carbonyl (C=O) groups is 3. The van der Waals surface area contributed by atoms with Crippen LogP contribution in [0.4, 0.5) is 9.59 Å². The van der Waals surface area contributed by atoms with Gasteiger partial charge < -0.3 is 15.2 Å². The fraction of sp³-hybridized carbons (Fsp3) is 0.357. The Kier molecular flexibility index (Phi) is 8.04. The zero-order valence-corrected chi connectivity index (χ0v) is 25.9. The number of amides is 2. The molecule has 4 N–H and O–H groups in total. The highest BCUT2D eigenvalue weighted by molar-refractivity contribution is 9.10. The van der Waals surface area contributed by atoms with Crippen LogP contribution in [0.25, 0.3) is 15.9 Å². The molecular weight excluding hydrogens is 616 g/mol. The van der Waals surface area contributed by atoms with Crippen molar-refractivity contribution in [1.82, 2.24) is 19.2 Å². The second-order valence-electron chi connectivity index (χ2n) is 11.6. The number of rotatable bonds is 5. The van der Waals surface area contributed by atoms with E-state index in [0.29, 0.717) is 26.6 Å². The maximum Gasteiger partial charge on any atom is 0.417 e. The predicted octanol–water partition coefficient (Wildman–Crippen LogP) is 6.78. The van der Waals surface area contributed by atoms with E-state index in [4.69, 9.17) is 4.74 Å². The van der Waals surface area contributed by atoms with Crippen LogP contribution < -0.4 is 5.32 Å². The Labute approximate surface area is 247 Å². The summed E-state index contributed by atoms with van der Waals surface area (Å²) in [5, 5.41) is 12.8. The molecule has 1 aliphatic heterocycles. The van der Waals surface area contributed by atoms with E-state index in [9.17, 15) is 28.6 Å². The van der Waals surface area contributed by atoms with Crippen molar-refractivity contribution < 1.29 is 33.3 Å². The highest BCUT2D eigenvalue weighted by atomic mass is 79.9. The molecule has 220 valence electrons. The fourth-order valence-corrected chi connectivity index (χ4v) is 7.44. The smallest absolute Gasteiger partial charge is 0.417 e. The van der Waals surface area contributed by atoms with E-state index in [2.05, 4.69) is 26.2 Å². The molecule has 1 aromatic heterocycles. The summed E-state index contributed by atoms with van der Waals surface area (Å²) in [6.07, 6.45) is -0.653. The Balaban J connectivity index is 1.73. The molecule has 41 heavy (non-hydrogen) atoms. The summed E-state index contributed by atoms with van der Waals surface area (Å²) in [7, 11) is -3.59. The van der Waals surface area contributed by atoms with Crippen LogP contribution >= 0.6 is 26.7 Å². The number of carboxylic acid groups (broad SMARTS) is 1. The minimum absolute atomic E-state index is 0.0898. The zero-order chi connectivity index (χ0) is 30.5. The summed E-state index contributed by atoms with van der Waals surface area (Å²) in [6, 6.07) is 10.9. The van der Waals surface area contributed by atoms with E-state index in [1.807, 2.05) is 0 Å². The standard InChI is InChI=1S/C28H33BrN4O7S/c1-27(2,3)33-23(34)15-22(41(33,38)39)17-12-11-16(13-18(17)29)14-20(31-25(35)40-28(4,5)6)24-30-19-9-7-8-10-21(19)32(24)26(36)37/h7-13,15,20,38-39H,14H2,1-6H3,(H,31,35)(H,36,37).